The standard InChI is InChI=1S/C8H10N2O3S2/c1-6(11)5-10-15(12,13)8-3-2-7(4-9)14-8/h2-3,6,10-11H,5H2,1H3/t6-/m0/s1. The summed E-state index contributed by atoms with van der Waals surface area (Å²) in [7, 11) is -3.59. The zero-order valence-electron chi connectivity index (χ0n) is 7.97. The van der Waals surface area contributed by atoms with Gasteiger partial charge in [-0.15, -0.1) is 11.3 Å². The van der Waals surface area contributed by atoms with E-state index in [9.17, 15) is 8.42 Å². The molecule has 0 radical (unpaired) electrons. The van der Waals surface area contributed by atoms with Gasteiger partial charge in [-0.2, -0.15) is 5.26 Å². The average molecular weight is 246 g/mol. The van der Waals surface area contributed by atoms with E-state index >= 15 is 0 Å². The van der Waals surface area contributed by atoms with Gasteiger partial charge in [0.1, 0.15) is 15.2 Å². The van der Waals surface area contributed by atoms with E-state index in [1.165, 1.54) is 19.1 Å². The second-order valence-electron chi connectivity index (χ2n) is 2.93. The molecule has 82 valence electrons. The lowest BCUT2D eigenvalue weighted by molar-refractivity contribution is 0.198. The van der Waals surface area contributed by atoms with Gasteiger partial charge in [0.2, 0.25) is 10.0 Å². The van der Waals surface area contributed by atoms with E-state index in [4.69, 9.17) is 10.4 Å². The number of sulfonamides is 1. The minimum absolute atomic E-state index is 0.0396. The molecule has 0 aliphatic heterocycles. The number of thiophene rings is 1. The lowest BCUT2D eigenvalue weighted by Crippen LogP contribution is -2.30. The fourth-order valence-corrected chi connectivity index (χ4v) is 3.10. The highest BCUT2D eigenvalue weighted by atomic mass is 32.2. The van der Waals surface area contributed by atoms with Gasteiger partial charge in [-0.3, -0.25) is 0 Å². The maximum atomic E-state index is 11.5. The highest BCUT2D eigenvalue weighted by Crippen LogP contribution is 2.20. The van der Waals surface area contributed by atoms with E-state index < -0.39 is 16.1 Å². The Hall–Kier alpha value is -0.940. The first-order valence-electron chi connectivity index (χ1n) is 4.13. The molecule has 0 aliphatic carbocycles. The molecule has 0 saturated carbocycles. The van der Waals surface area contributed by atoms with Crippen LogP contribution in [-0.2, 0) is 10.0 Å². The zero-order chi connectivity index (χ0) is 11.5. The quantitative estimate of drug-likeness (QED) is 0.798. The van der Waals surface area contributed by atoms with Crippen LogP contribution in [0.25, 0.3) is 0 Å². The Kier molecular flexibility index (Phi) is 3.82. The molecular weight excluding hydrogens is 236 g/mol. The van der Waals surface area contributed by atoms with Gasteiger partial charge in [-0.25, -0.2) is 13.1 Å². The van der Waals surface area contributed by atoms with Crippen molar-refractivity contribution >= 4 is 21.4 Å². The van der Waals surface area contributed by atoms with Gasteiger partial charge >= 0.3 is 0 Å². The smallest absolute Gasteiger partial charge is 0.250 e. The van der Waals surface area contributed by atoms with Crippen LogP contribution < -0.4 is 4.72 Å². The third-order valence-electron chi connectivity index (χ3n) is 1.53. The van der Waals surface area contributed by atoms with Crippen LogP contribution in [0.5, 0.6) is 0 Å². The van der Waals surface area contributed by atoms with Crippen molar-refractivity contribution in [2.75, 3.05) is 6.54 Å². The summed E-state index contributed by atoms with van der Waals surface area (Å²) in [6.07, 6.45) is -0.741. The van der Waals surface area contributed by atoms with Crippen LogP contribution in [0, 0.1) is 11.3 Å². The molecule has 1 heterocycles. The van der Waals surface area contributed by atoms with Crippen molar-refractivity contribution in [1.82, 2.24) is 4.72 Å². The molecule has 0 spiro atoms. The zero-order valence-corrected chi connectivity index (χ0v) is 9.60. The van der Waals surface area contributed by atoms with Crippen LogP contribution in [0.15, 0.2) is 16.3 Å². The molecule has 1 aromatic heterocycles. The number of nitrogens with zero attached hydrogens (tertiary/aromatic N) is 1. The SMILES string of the molecule is C[C@H](O)CNS(=O)(=O)c1ccc(C#N)s1. The van der Waals surface area contributed by atoms with Crippen molar-refractivity contribution in [2.45, 2.75) is 17.2 Å². The fraction of sp³-hybridized carbons (Fsp3) is 0.375. The number of aliphatic hydroxyl groups is 1. The number of hydrogen-bond acceptors (Lipinski definition) is 5. The Morgan fingerprint density at radius 1 is 1.67 bits per heavy atom. The van der Waals surface area contributed by atoms with Crippen LogP contribution >= 0.6 is 11.3 Å². The molecule has 0 bridgehead atoms. The third-order valence-corrected chi connectivity index (χ3v) is 4.43. The predicted molar refractivity (Wildman–Crippen MR) is 55.9 cm³/mol. The number of rotatable bonds is 4. The van der Waals surface area contributed by atoms with Gasteiger partial charge in [0.25, 0.3) is 0 Å². The van der Waals surface area contributed by atoms with E-state index in [-0.39, 0.29) is 10.8 Å². The fourth-order valence-electron chi connectivity index (χ4n) is 0.826. The third kappa shape index (κ3) is 3.28. The number of nitrogens with one attached hydrogen (secondary N) is 1. The number of aliphatic hydroxyl groups excluding tert-OH is 1. The van der Waals surface area contributed by atoms with E-state index in [1.54, 1.807) is 0 Å². The lowest BCUT2D eigenvalue weighted by atomic mass is 10.4. The highest BCUT2D eigenvalue weighted by Gasteiger charge is 2.16. The molecule has 1 atom stereocenters. The molecule has 15 heavy (non-hydrogen) atoms. The summed E-state index contributed by atoms with van der Waals surface area (Å²) in [5.41, 5.74) is 0. The van der Waals surface area contributed by atoms with Gasteiger partial charge in [-0.05, 0) is 19.1 Å². The first-order chi connectivity index (χ1) is 6.95. The van der Waals surface area contributed by atoms with E-state index in [1.807, 2.05) is 6.07 Å². The molecule has 1 rings (SSSR count). The lowest BCUT2D eigenvalue weighted by Gasteiger charge is -2.05. The van der Waals surface area contributed by atoms with Crippen LogP contribution in [0.4, 0.5) is 0 Å². The Balaban J connectivity index is 2.83. The minimum Gasteiger partial charge on any atom is -0.392 e. The second kappa shape index (κ2) is 4.72. The molecule has 0 aliphatic rings. The molecule has 0 aromatic carbocycles. The van der Waals surface area contributed by atoms with Crippen LogP contribution in [0.3, 0.4) is 0 Å². The van der Waals surface area contributed by atoms with Crippen molar-refractivity contribution in [3.63, 3.8) is 0 Å². The maximum absolute atomic E-state index is 11.5. The minimum atomic E-state index is -3.59. The number of nitriles is 1. The predicted octanol–water partition coefficient (Wildman–Crippen LogP) is 0.279. The van der Waals surface area contributed by atoms with Gasteiger partial charge in [0.05, 0.1) is 6.10 Å². The van der Waals surface area contributed by atoms with Crippen LogP contribution in [0.1, 0.15) is 11.8 Å². The van der Waals surface area contributed by atoms with Crippen molar-refractivity contribution in [3.05, 3.63) is 17.0 Å². The monoisotopic (exact) mass is 246 g/mol. The van der Waals surface area contributed by atoms with Gasteiger partial charge in [0, 0.05) is 6.54 Å². The molecule has 2 N–H and O–H groups in total. The Morgan fingerprint density at radius 2 is 2.33 bits per heavy atom. The Bertz CT molecular complexity index is 470. The number of hydrogen-bond donors (Lipinski definition) is 2. The Labute approximate surface area is 92.0 Å². The van der Waals surface area contributed by atoms with Gasteiger partial charge in [-0.1, -0.05) is 0 Å². The first kappa shape index (κ1) is 12.1. The van der Waals surface area contributed by atoms with Crippen LogP contribution in [0.2, 0.25) is 0 Å². The summed E-state index contributed by atoms with van der Waals surface area (Å²) >= 11 is 0.898. The molecule has 0 amide bonds. The second-order valence-corrected chi connectivity index (χ2v) is 6.01. The molecule has 5 nitrogen and oxygen atoms in total. The summed E-state index contributed by atoms with van der Waals surface area (Å²) in [6.45, 7) is 1.44. The summed E-state index contributed by atoms with van der Waals surface area (Å²) in [5, 5.41) is 17.5. The molecular formula is C8H10N2O3S2. The van der Waals surface area contributed by atoms with E-state index in [0.29, 0.717) is 4.88 Å². The van der Waals surface area contributed by atoms with Crippen molar-refractivity contribution in [3.8, 4) is 6.07 Å². The normalized spacial score (nSPS) is 13.4. The summed E-state index contributed by atoms with van der Waals surface area (Å²) in [4.78, 5) is 0.340. The van der Waals surface area contributed by atoms with Gasteiger partial charge < -0.3 is 5.11 Å². The Morgan fingerprint density at radius 3 is 2.80 bits per heavy atom. The molecule has 0 unspecified atom stereocenters. The van der Waals surface area contributed by atoms with Crippen molar-refractivity contribution in [1.29, 1.82) is 5.26 Å². The van der Waals surface area contributed by atoms with E-state index in [2.05, 4.69) is 4.72 Å². The topological polar surface area (TPSA) is 90.2 Å². The molecule has 7 heteroatoms. The summed E-state index contributed by atoms with van der Waals surface area (Å²) in [6, 6.07) is 4.68. The van der Waals surface area contributed by atoms with Crippen LogP contribution in [-0.4, -0.2) is 26.2 Å². The van der Waals surface area contributed by atoms with Crippen molar-refractivity contribution in [2.24, 2.45) is 0 Å². The molecule has 0 saturated heterocycles. The summed E-state index contributed by atoms with van der Waals surface area (Å²) in [5.74, 6) is 0. The van der Waals surface area contributed by atoms with E-state index in [0.717, 1.165) is 11.3 Å². The highest BCUT2D eigenvalue weighted by molar-refractivity contribution is 7.91. The first-order valence-corrected chi connectivity index (χ1v) is 6.43. The summed E-state index contributed by atoms with van der Waals surface area (Å²) < 4.78 is 25.4. The maximum Gasteiger partial charge on any atom is 0.250 e. The largest absolute Gasteiger partial charge is 0.392 e. The molecule has 0 fully saturated rings. The average Bonchev–Trinajstić information content (AvgIpc) is 2.63. The van der Waals surface area contributed by atoms with Crippen molar-refractivity contribution < 1.29 is 13.5 Å². The van der Waals surface area contributed by atoms with Gasteiger partial charge in [0.15, 0.2) is 0 Å². The molecule has 1 aromatic rings.